The van der Waals surface area contributed by atoms with Crippen molar-refractivity contribution in [3.05, 3.63) is 35.4 Å². The number of hydrogen-bond donors (Lipinski definition) is 2. The Labute approximate surface area is 113 Å². The molecule has 0 fully saturated rings. The molecular formula is C14H19N3O2. The maximum absolute atomic E-state index is 11.5. The van der Waals surface area contributed by atoms with E-state index >= 15 is 0 Å². The normalized spacial score (nSPS) is 11.6. The molecule has 2 N–H and O–H groups in total. The first-order chi connectivity index (χ1) is 9.17. The second kappa shape index (κ2) is 8.25. The van der Waals surface area contributed by atoms with Crippen molar-refractivity contribution in [3.63, 3.8) is 0 Å². The summed E-state index contributed by atoms with van der Waals surface area (Å²) in [6, 6.07) is 9.45. The highest BCUT2D eigenvalue weighted by Crippen LogP contribution is 2.12. The average molecular weight is 261 g/mol. The minimum absolute atomic E-state index is 0.0564. The van der Waals surface area contributed by atoms with E-state index in [1.807, 2.05) is 19.1 Å². The van der Waals surface area contributed by atoms with Gasteiger partial charge in [-0.25, -0.2) is 0 Å². The molecule has 5 nitrogen and oxygen atoms in total. The number of carbonyl (C=O) groups excluding carboxylic acids is 1. The van der Waals surface area contributed by atoms with Crippen molar-refractivity contribution in [2.24, 2.45) is 0 Å². The van der Waals surface area contributed by atoms with Crippen LogP contribution in [0.2, 0.25) is 0 Å². The molecule has 19 heavy (non-hydrogen) atoms. The SMILES string of the molecule is COCCNC(=O)CNC(C)c1ccc(C#N)cc1. The van der Waals surface area contributed by atoms with Crippen molar-refractivity contribution in [2.75, 3.05) is 26.8 Å². The lowest BCUT2D eigenvalue weighted by Crippen LogP contribution is -2.36. The van der Waals surface area contributed by atoms with Crippen LogP contribution in [0.4, 0.5) is 0 Å². The fourth-order valence-electron chi connectivity index (χ4n) is 1.56. The molecule has 0 aliphatic carbocycles. The molecule has 1 aromatic rings. The largest absolute Gasteiger partial charge is 0.383 e. The zero-order valence-electron chi connectivity index (χ0n) is 11.3. The van der Waals surface area contributed by atoms with Gasteiger partial charge in [0.2, 0.25) is 5.91 Å². The monoisotopic (exact) mass is 261 g/mol. The molecule has 0 saturated carbocycles. The maximum atomic E-state index is 11.5. The topological polar surface area (TPSA) is 74.2 Å². The van der Waals surface area contributed by atoms with Crippen molar-refractivity contribution < 1.29 is 9.53 Å². The lowest BCUT2D eigenvalue weighted by molar-refractivity contribution is -0.120. The molecule has 1 amide bonds. The molecule has 0 aliphatic rings. The predicted molar refractivity (Wildman–Crippen MR) is 72.5 cm³/mol. The minimum atomic E-state index is -0.0578. The van der Waals surface area contributed by atoms with Gasteiger partial charge in [-0.1, -0.05) is 12.1 Å². The Morgan fingerprint density at radius 3 is 2.68 bits per heavy atom. The molecule has 1 rings (SSSR count). The van der Waals surface area contributed by atoms with Crippen LogP contribution in [0.25, 0.3) is 0 Å². The van der Waals surface area contributed by atoms with Gasteiger partial charge < -0.3 is 15.4 Å². The van der Waals surface area contributed by atoms with E-state index in [1.165, 1.54) is 0 Å². The molecule has 0 spiro atoms. The zero-order valence-corrected chi connectivity index (χ0v) is 11.3. The fourth-order valence-corrected chi connectivity index (χ4v) is 1.56. The quantitative estimate of drug-likeness (QED) is 0.717. The van der Waals surface area contributed by atoms with Gasteiger partial charge in [0, 0.05) is 19.7 Å². The Morgan fingerprint density at radius 1 is 1.42 bits per heavy atom. The highest BCUT2D eigenvalue weighted by molar-refractivity contribution is 5.78. The Kier molecular flexibility index (Phi) is 6.58. The van der Waals surface area contributed by atoms with Gasteiger partial charge in [0.1, 0.15) is 0 Å². The molecular weight excluding hydrogens is 242 g/mol. The van der Waals surface area contributed by atoms with E-state index in [1.54, 1.807) is 19.2 Å². The number of nitrogens with zero attached hydrogens (tertiary/aromatic N) is 1. The van der Waals surface area contributed by atoms with Crippen molar-refractivity contribution in [3.8, 4) is 6.07 Å². The highest BCUT2D eigenvalue weighted by Gasteiger charge is 2.07. The number of methoxy groups -OCH3 is 1. The lowest BCUT2D eigenvalue weighted by Gasteiger charge is -2.14. The van der Waals surface area contributed by atoms with Crippen LogP contribution in [-0.4, -0.2) is 32.7 Å². The van der Waals surface area contributed by atoms with Gasteiger partial charge in [0.25, 0.3) is 0 Å². The number of amides is 1. The molecule has 1 aromatic carbocycles. The summed E-state index contributed by atoms with van der Waals surface area (Å²) in [6.45, 7) is 3.26. The Balaban J connectivity index is 2.36. The van der Waals surface area contributed by atoms with Crippen LogP contribution in [0, 0.1) is 11.3 Å². The number of hydrogen-bond acceptors (Lipinski definition) is 4. The fraction of sp³-hybridized carbons (Fsp3) is 0.429. The van der Waals surface area contributed by atoms with Crippen molar-refractivity contribution in [1.82, 2.24) is 10.6 Å². The van der Waals surface area contributed by atoms with Crippen LogP contribution in [-0.2, 0) is 9.53 Å². The summed E-state index contributed by atoms with van der Waals surface area (Å²) in [5.74, 6) is -0.0578. The van der Waals surface area contributed by atoms with Crippen molar-refractivity contribution in [1.29, 1.82) is 5.26 Å². The average Bonchev–Trinajstić information content (AvgIpc) is 2.45. The van der Waals surface area contributed by atoms with Gasteiger partial charge in [0.15, 0.2) is 0 Å². The van der Waals surface area contributed by atoms with Crippen molar-refractivity contribution in [2.45, 2.75) is 13.0 Å². The van der Waals surface area contributed by atoms with E-state index < -0.39 is 0 Å². The van der Waals surface area contributed by atoms with Gasteiger partial charge in [-0.15, -0.1) is 0 Å². The number of carbonyl (C=O) groups is 1. The number of rotatable bonds is 7. The first-order valence-electron chi connectivity index (χ1n) is 6.16. The molecule has 5 heteroatoms. The summed E-state index contributed by atoms with van der Waals surface area (Å²) < 4.78 is 4.85. The summed E-state index contributed by atoms with van der Waals surface area (Å²) in [5, 5.41) is 14.6. The van der Waals surface area contributed by atoms with E-state index in [0.717, 1.165) is 5.56 Å². The lowest BCUT2D eigenvalue weighted by atomic mass is 10.1. The number of ether oxygens (including phenoxy) is 1. The molecule has 0 saturated heterocycles. The predicted octanol–water partition coefficient (Wildman–Crippen LogP) is 0.971. The minimum Gasteiger partial charge on any atom is -0.383 e. The highest BCUT2D eigenvalue weighted by atomic mass is 16.5. The summed E-state index contributed by atoms with van der Waals surface area (Å²) in [5.41, 5.74) is 1.68. The van der Waals surface area contributed by atoms with Crippen LogP contribution in [0.15, 0.2) is 24.3 Å². The van der Waals surface area contributed by atoms with Gasteiger partial charge >= 0.3 is 0 Å². The van der Waals surface area contributed by atoms with Crippen LogP contribution < -0.4 is 10.6 Å². The van der Waals surface area contributed by atoms with Gasteiger partial charge in [-0.3, -0.25) is 4.79 Å². The van der Waals surface area contributed by atoms with Gasteiger partial charge in [-0.05, 0) is 24.6 Å². The smallest absolute Gasteiger partial charge is 0.234 e. The summed E-state index contributed by atoms with van der Waals surface area (Å²) in [4.78, 5) is 11.5. The Hall–Kier alpha value is -1.90. The standard InChI is InChI=1S/C14H19N3O2/c1-11(13-5-3-12(9-15)4-6-13)17-10-14(18)16-7-8-19-2/h3-6,11,17H,7-8,10H2,1-2H3,(H,16,18). The Morgan fingerprint density at radius 2 is 2.11 bits per heavy atom. The van der Waals surface area contributed by atoms with Crippen LogP contribution in [0.3, 0.4) is 0 Å². The molecule has 102 valence electrons. The van der Waals surface area contributed by atoms with E-state index in [-0.39, 0.29) is 18.5 Å². The molecule has 0 heterocycles. The summed E-state index contributed by atoms with van der Waals surface area (Å²) in [7, 11) is 1.59. The third kappa shape index (κ3) is 5.51. The summed E-state index contributed by atoms with van der Waals surface area (Å²) in [6.07, 6.45) is 0. The third-order valence-corrected chi connectivity index (χ3v) is 2.74. The van der Waals surface area contributed by atoms with E-state index in [2.05, 4.69) is 16.7 Å². The van der Waals surface area contributed by atoms with Crippen molar-refractivity contribution >= 4 is 5.91 Å². The first kappa shape index (κ1) is 15.2. The molecule has 1 unspecified atom stereocenters. The molecule has 0 aromatic heterocycles. The van der Waals surface area contributed by atoms with Gasteiger partial charge in [-0.2, -0.15) is 5.26 Å². The second-order valence-corrected chi connectivity index (χ2v) is 4.18. The van der Waals surface area contributed by atoms with Crippen LogP contribution >= 0.6 is 0 Å². The molecule has 0 radical (unpaired) electrons. The van der Waals surface area contributed by atoms with E-state index in [9.17, 15) is 4.79 Å². The molecule has 0 aliphatic heterocycles. The number of benzene rings is 1. The summed E-state index contributed by atoms with van der Waals surface area (Å²) >= 11 is 0. The zero-order chi connectivity index (χ0) is 14.1. The Bertz CT molecular complexity index is 437. The van der Waals surface area contributed by atoms with E-state index in [4.69, 9.17) is 10.00 Å². The van der Waals surface area contributed by atoms with E-state index in [0.29, 0.717) is 18.7 Å². The van der Waals surface area contributed by atoms with Crippen LogP contribution in [0.5, 0.6) is 0 Å². The van der Waals surface area contributed by atoms with Gasteiger partial charge in [0.05, 0.1) is 24.8 Å². The number of nitrogens with one attached hydrogen (secondary N) is 2. The molecule has 0 bridgehead atoms. The van der Waals surface area contributed by atoms with Crippen LogP contribution in [0.1, 0.15) is 24.1 Å². The third-order valence-electron chi connectivity index (χ3n) is 2.74. The second-order valence-electron chi connectivity index (χ2n) is 4.18. The first-order valence-corrected chi connectivity index (χ1v) is 6.16. The maximum Gasteiger partial charge on any atom is 0.234 e. The molecule has 1 atom stereocenters. The number of nitriles is 1.